The van der Waals surface area contributed by atoms with Gasteiger partial charge in [0.2, 0.25) is 0 Å². The highest BCUT2D eigenvalue weighted by Gasteiger charge is 2.37. The van der Waals surface area contributed by atoms with Crippen LogP contribution in [-0.4, -0.2) is 42.4 Å². The SMILES string of the molecule is O=C(c1ccc(NS(=O)(=O)c2ccc3ccccc3n2)cc1F)N1CCC(O)(c2ccccc2Cl)CC1. The normalized spacial score (nSPS) is 15.5. The van der Waals surface area contributed by atoms with Crippen molar-refractivity contribution in [1.82, 2.24) is 9.88 Å². The number of rotatable bonds is 5. The number of hydrogen-bond donors (Lipinski definition) is 2. The van der Waals surface area contributed by atoms with E-state index >= 15 is 0 Å². The highest BCUT2D eigenvalue weighted by atomic mass is 35.5. The molecule has 0 aliphatic carbocycles. The molecular weight excluding hydrogens is 517 g/mol. The van der Waals surface area contributed by atoms with Crippen LogP contribution in [0.1, 0.15) is 28.8 Å². The predicted molar refractivity (Wildman–Crippen MR) is 139 cm³/mol. The Kier molecular flexibility index (Phi) is 6.61. The first-order valence-corrected chi connectivity index (χ1v) is 13.5. The number of fused-ring (bicyclic) bond motifs is 1. The molecule has 4 aromatic rings. The van der Waals surface area contributed by atoms with E-state index in [2.05, 4.69) is 9.71 Å². The molecule has 0 spiro atoms. The van der Waals surface area contributed by atoms with Crippen molar-refractivity contribution in [2.24, 2.45) is 0 Å². The van der Waals surface area contributed by atoms with Gasteiger partial charge in [0, 0.05) is 29.1 Å². The topological polar surface area (TPSA) is 99.6 Å². The summed E-state index contributed by atoms with van der Waals surface area (Å²) in [4.78, 5) is 18.6. The summed E-state index contributed by atoms with van der Waals surface area (Å²) in [5.41, 5.74) is -0.272. The van der Waals surface area contributed by atoms with Crippen molar-refractivity contribution in [3.8, 4) is 0 Å². The molecule has 1 amide bonds. The Morgan fingerprint density at radius 1 is 1.00 bits per heavy atom. The van der Waals surface area contributed by atoms with Crippen molar-refractivity contribution < 1.29 is 22.7 Å². The zero-order valence-electron chi connectivity index (χ0n) is 19.6. The summed E-state index contributed by atoms with van der Waals surface area (Å²) in [6.45, 7) is 0.421. The van der Waals surface area contributed by atoms with E-state index in [1.165, 1.54) is 23.1 Å². The summed E-state index contributed by atoms with van der Waals surface area (Å²) in [5.74, 6) is -1.40. The number of sulfonamides is 1. The molecule has 10 heteroatoms. The summed E-state index contributed by atoms with van der Waals surface area (Å²) in [7, 11) is -4.08. The number of carbonyl (C=O) groups is 1. The Balaban J connectivity index is 1.29. The van der Waals surface area contributed by atoms with Crippen LogP contribution in [0.25, 0.3) is 10.9 Å². The molecule has 5 rings (SSSR count). The number of aliphatic hydroxyl groups is 1. The van der Waals surface area contributed by atoms with Crippen LogP contribution in [0, 0.1) is 5.82 Å². The number of benzene rings is 3. The van der Waals surface area contributed by atoms with Crippen LogP contribution >= 0.6 is 11.6 Å². The van der Waals surface area contributed by atoms with E-state index in [0.29, 0.717) is 16.1 Å². The summed E-state index contributed by atoms with van der Waals surface area (Å²) >= 11 is 6.25. The summed E-state index contributed by atoms with van der Waals surface area (Å²) < 4.78 is 42.9. The molecule has 190 valence electrons. The number of amides is 1. The number of nitrogens with zero attached hydrogens (tertiary/aromatic N) is 2. The third-order valence-corrected chi connectivity index (χ3v) is 8.16. The van der Waals surface area contributed by atoms with Crippen LogP contribution in [-0.2, 0) is 15.6 Å². The van der Waals surface area contributed by atoms with Gasteiger partial charge in [0.1, 0.15) is 5.82 Å². The predicted octanol–water partition coefficient (Wildman–Crippen LogP) is 4.95. The number of pyridine rings is 1. The summed E-state index contributed by atoms with van der Waals surface area (Å²) in [5, 5.41) is 12.1. The van der Waals surface area contributed by atoms with E-state index in [-0.39, 0.29) is 42.2 Å². The van der Waals surface area contributed by atoms with Crippen molar-refractivity contribution in [3.63, 3.8) is 0 Å². The third-order valence-electron chi connectivity index (χ3n) is 6.55. The fraction of sp³-hybridized carbons (Fsp3) is 0.185. The van der Waals surface area contributed by atoms with Crippen molar-refractivity contribution in [2.45, 2.75) is 23.5 Å². The van der Waals surface area contributed by atoms with Crippen LogP contribution in [0.5, 0.6) is 0 Å². The Morgan fingerprint density at radius 3 is 2.43 bits per heavy atom. The monoisotopic (exact) mass is 539 g/mol. The number of para-hydroxylation sites is 1. The molecule has 1 aromatic heterocycles. The lowest BCUT2D eigenvalue weighted by atomic mass is 9.84. The third kappa shape index (κ3) is 5.02. The summed E-state index contributed by atoms with van der Waals surface area (Å²) in [6.07, 6.45) is 0.501. The van der Waals surface area contributed by atoms with Gasteiger partial charge in [-0.15, -0.1) is 0 Å². The molecule has 0 unspecified atom stereocenters. The quantitative estimate of drug-likeness (QED) is 0.374. The maximum Gasteiger partial charge on any atom is 0.279 e. The molecule has 37 heavy (non-hydrogen) atoms. The molecule has 1 aliphatic rings. The Morgan fingerprint density at radius 2 is 1.70 bits per heavy atom. The molecule has 0 bridgehead atoms. The standard InChI is InChI=1S/C27H23ClFN3O4S/c28-22-7-3-2-6-21(22)27(34)13-15-32(16-14-27)26(33)20-11-10-19(17-23(20)29)31-37(35,36)25-12-9-18-5-1-4-8-24(18)30-25/h1-12,17,31,34H,13-16H2. The molecular formula is C27H23ClFN3O4S. The van der Waals surface area contributed by atoms with E-state index in [9.17, 15) is 22.7 Å². The van der Waals surface area contributed by atoms with Gasteiger partial charge in [-0.2, -0.15) is 8.42 Å². The molecule has 0 radical (unpaired) electrons. The molecule has 2 N–H and O–H groups in total. The van der Waals surface area contributed by atoms with Crippen LogP contribution in [0.3, 0.4) is 0 Å². The molecule has 1 aliphatic heterocycles. The van der Waals surface area contributed by atoms with Gasteiger partial charge in [0.05, 0.1) is 22.4 Å². The van der Waals surface area contributed by atoms with Gasteiger partial charge in [-0.3, -0.25) is 9.52 Å². The fourth-order valence-electron chi connectivity index (χ4n) is 4.51. The van der Waals surface area contributed by atoms with Crippen molar-refractivity contribution in [3.05, 3.63) is 101 Å². The number of nitrogens with one attached hydrogen (secondary N) is 1. The second-order valence-electron chi connectivity index (χ2n) is 8.95. The van der Waals surface area contributed by atoms with Crippen molar-refractivity contribution in [2.75, 3.05) is 17.8 Å². The van der Waals surface area contributed by atoms with Crippen LogP contribution in [0.4, 0.5) is 10.1 Å². The average molecular weight is 540 g/mol. The largest absolute Gasteiger partial charge is 0.385 e. The lowest BCUT2D eigenvalue weighted by molar-refractivity contribution is -0.0211. The highest BCUT2D eigenvalue weighted by molar-refractivity contribution is 7.92. The van der Waals surface area contributed by atoms with Crippen molar-refractivity contribution >= 4 is 44.1 Å². The molecule has 1 fully saturated rings. The van der Waals surface area contributed by atoms with Crippen molar-refractivity contribution in [1.29, 1.82) is 0 Å². The first-order valence-electron chi connectivity index (χ1n) is 11.6. The van der Waals surface area contributed by atoms with Gasteiger partial charge in [-0.05, 0) is 55.3 Å². The fourth-order valence-corrected chi connectivity index (χ4v) is 5.83. The number of hydrogen-bond acceptors (Lipinski definition) is 5. The minimum Gasteiger partial charge on any atom is -0.385 e. The van der Waals surface area contributed by atoms with Gasteiger partial charge in [-0.1, -0.05) is 48.0 Å². The molecule has 7 nitrogen and oxygen atoms in total. The Hall–Kier alpha value is -3.53. The highest BCUT2D eigenvalue weighted by Crippen LogP contribution is 2.37. The second-order valence-corrected chi connectivity index (χ2v) is 11.0. The summed E-state index contributed by atoms with van der Waals surface area (Å²) in [6, 6.07) is 20.7. The first-order chi connectivity index (χ1) is 17.7. The van der Waals surface area contributed by atoms with Crippen LogP contribution in [0.15, 0.2) is 83.9 Å². The second kappa shape index (κ2) is 9.74. The number of halogens is 2. The number of aromatic nitrogens is 1. The van der Waals surface area contributed by atoms with E-state index in [1.807, 2.05) is 12.1 Å². The zero-order chi connectivity index (χ0) is 26.2. The number of anilines is 1. The maximum absolute atomic E-state index is 14.9. The van der Waals surface area contributed by atoms with Gasteiger partial charge in [-0.25, -0.2) is 9.37 Å². The van der Waals surface area contributed by atoms with Gasteiger partial charge >= 0.3 is 0 Å². The van der Waals surface area contributed by atoms with Crippen LogP contribution in [0.2, 0.25) is 5.02 Å². The van der Waals surface area contributed by atoms with Gasteiger partial charge < -0.3 is 10.0 Å². The van der Waals surface area contributed by atoms with E-state index in [4.69, 9.17) is 11.6 Å². The van der Waals surface area contributed by atoms with Gasteiger partial charge in [0.25, 0.3) is 15.9 Å². The molecule has 2 heterocycles. The average Bonchev–Trinajstić information content (AvgIpc) is 2.88. The van der Waals surface area contributed by atoms with Gasteiger partial charge in [0.15, 0.2) is 5.03 Å². The Labute approximate surface area is 218 Å². The molecule has 0 saturated carbocycles. The Bertz CT molecular complexity index is 1600. The minimum absolute atomic E-state index is 0.0317. The lowest BCUT2D eigenvalue weighted by Crippen LogP contribution is -2.45. The van der Waals surface area contributed by atoms with E-state index in [0.717, 1.165) is 11.5 Å². The maximum atomic E-state index is 14.9. The lowest BCUT2D eigenvalue weighted by Gasteiger charge is -2.39. The zero-order valence-corrected chi connectivity index (χ0v) is 21.1. The molecule has 3 aromatic carbocycles. The molecule has 0 atom stereocenters. The number of likely N-dealkylation sites (tertiary alicyclic amines) is 1. The minimum atomic E-state index is -4.08. The van der Waals surface area contributed by atoms with E-state index in [1.54, 1.807) is 42.5 Å². The van der Waals surface area contributed by atoms with E-state index < -0.39 is 27.3 Å². The van der Waals surface area contributed by atoms with Crippen LogP contribution < -0.4 is 4.72 Å². The number of piperidine rings is 1. The molecule has 1 saturated heterocycles. The number of carbonyl (C=O) groups excluding carboxylic acids is 1. The first kappa shape index (κ1) is 25.1. The smallest absolute Gasteiger partial charge is 0.279 e.